The number of ether oxygens (including phenoxy) is 4. The normalized spacial score (nSPS) is 24.2. The molecule has 2 aliphatic rings. The molecule has 0 fully saturated rings. The van der Waals surface area contributed by atoms with E-state index < -0.39 is 35.8 Å². The zero-order valence-electron chi connectivity index (χ0n) is 14.5. The van der Waals surface area contributed by atoms with Crippen LogP contribution in [0.25, 0.3) is 0 Å². The average molecular weight is 341 g/mol. The number of methoxy groups -OCH3 is 1. The molecule has 0 aliphatic carbocycles. The maximum Gasteiger partial charge on any atom is 0.408 e. The highest BCUT2D eigenvalue weighted by Crippen LogP contribution is 2.16. The third kappa shape index (κ3) is 4.59. The van der Waals surface area contributed by atoms with Crippen LogP contribution in [0.15, 0.2) is 9.98 Å². The number of alkyl carbamates (subject to hydrolysis) is 1. The van der Waals surface area contributed by atoms with Crippen molar-refractivity contribution in [1.29, 1.82) is 0 Å². The summed E-state index contributed by atoms with van der Waals surface area (Å²) in [5, 5.41) is 2.65. The van der Waals surface area contributed by atoms with Crippen LogP contribution in [0.3, 0.4) is 0 Å². The van der Waals surface area contributed by atoms with Gasteiger partial charge in [-0.25, -0.2) is 19.6 Å². The lowest BCUT2D eigenvalue weighted by Crippen LogP contribution is -2.41. The van der Waals surface area contributed by atoms with Gasteiger partial charge in [0.2, 0.25) is 11.8 Å². The smallest absolute Gasteiger partial charge is 0.408 e. The third-order valence-corrected chi connectivity index (χ3v) is 3.21. The molecule has 9 nitrogen and oxygen atoms in total. The first-order valence-corrected chi connectivity index (χ1v) is 7.68. The fourth-order valence-corrected chi connectivity index (χ4v) is 2.13. The highest BCUT2D eigenvalue weighted by Gasteiger charge is 2.35. The minimum atomic E-state index is -0.665. The van der Waals surface area contributed by atoms with Crippen LogP contribution in [0, 0.1) is 0 Å². The molecule has 0 saturated heterocycles. The Bertz CT molecular complexity index is 566. The van der Waals surface area contributed by atoms with Crippen LogP contribution in [0.5, 0.6) is 0 Å². The molecule has 0 aromatic heterocycles. The highest BCUT2D eigenvalue weighted by atomic mass is 16.6. The maximum atomic E-state index is 11.8. The number of hydrogen-bond acceptors (Lipinski definition) is 8. The van der Waals surface area contributed by atoms with Crippen LogP contribution < -0.4 is 5.32 Å². The summed E-state index contributed by atoms with van der Waals surface area (Å²) in [5.41, 5.74) is -0.583. The molecule has 0 radical (unpaired) electrons. The van der Waals surface area contributed by atoms with Crippen molar-refractivity contribution < 1.29 is 28.5 Å². The van der Waals surface area contributed by atoms with Gasteiger partial charge in [0.05, 0.1) is 7.11 Å². The predicted molar refractivity (Wildman–Crippen MR) is 85.2 cm³/mol. The van der Waals surface area contributed by atoms with Gasteiger partial charge in [-0.1, -0.05) is 0 Å². The Labute approximate surface area is 140 Å². The summed E-state index contributed by atoms with van der Waals surface area (Å²) in [5.74, 6) is 0.247. The van der Waals surface area contributed by atoms with Crippen molar-refractivity contribution in [3.05, 3.63) is 0 Å². The van der Waals surface area contributed by atoms with Crippen molar-refractivity contribution in [2.45, 2.75) is 51.4 Å². The molecule has 0 aromatic rings. The quantitative estimate of drug-likeness (QED) is 0.753. The maximum absolute atomic E-state index is 11.8. The lowest BCUT2D eigenvalue weighted by molar-refractivity contribution is -0.142. The molecule has 9 heteroatoms. The van der Waals surface area contributed by atoms with Crippen molar-refractivity contribution in [3.8, 4) is 0 Å². The van der Waals surface area contributed by atoms with E-state index in [4.69, 9.17) is 14.2 Å². The number of carbonyl (C=O) groups is 2. The van der Waals surface area contributed by atoms with Crippen molar-refractivity contribution >= 4 is 23.9 Å². The lowest BCUT2D eigenvalue weighted by atomic mass is 10.2. The zero-order chi connectivity index (χ0) is 17.9. The zero-order valence-corrected chi connectivity index (χ0v) is 14.5. The van der Waals surface area contributed by atoms with Gasteiger partial charge < -0.3 is 24.3 Å². The van der Waals surface area contributed by atoms with Gasteiger partial charge in [-0.05, 0) is 27.7 Å². The van der Waals surface area contributed by atoms with Crippen molar-refractivity contribution in [3.63, 3.8) is 0 Å². The lowest BCUT2D eigenvalue weighted by Gasteiger charge is -2.21. The fraction of sp³-hybridized carbons (Fsp3) is 0.733. The van der Waals surface area contributed by atoms with Crippen LogP contribution in [-0.2, 0) is 23.7 Å². The summed E-state index contributed by atoms with van der Waals surface area (Å²) in [6, 6.07) is -1.55. The van der Waals surface area contributed by atoms with E-state index in [0.717, 1.165) is 0 Å². The molecule has 1 N–H and O–H groups in total. The fourth-order valence-electron chi connectivity index (χ4n) is 2.13. The van der Waals surface area contributed by atoms with E-state index in [0.29, 0.717) is 11.8 Å². The van der Waals surface area contributed by atoms with Gasteiger partial charge in [0.25, 0.3) is 0 Å². The first-order valence-electron chi connectivity index (χ1n) is 7.68. The van der Waals surface area contributed by atoms with E-state index in [1.165, 1.54) is 7.11 Å². The van der Waals surface area contributed by atoms with Gasteiger partial charge in [0, 0.05) is 0 Å². The molecule has 0 aromatic carbocycles. The summed E-state index contributed by atoms with van der Waals surface area (Å²) >= 11 is 0. The number of aliphatic imine (C=N–C) groups is 2. The van der Waals surface area contributed by atoms with E-state index in [2.05, 4.69) is 20.0 Å². The van der Waals surface area contributed by atoms with E-state index in [-0.39, 0.29) is 13.2 Å². The van der Waals surface area contributed by atoms with Crippen LogP contribution in [0.1, 0.15) is 27.7 Å². The van der Waals surface area contributed by atoms with Gasteiger partial charge in [-0.15, -0.1) is 0 Å². The SMILES string of the molecule is COC(=O)[C@@H]1COC([C@@H]2COC([C@H](C)NC(=O)OC(C)(C)C)=N2)=N1. The second-order valence-electron chi connectivity index (χ2n) is 6.48. The molecule has 2 aliphatic heterocycles. The monoisotopic (exact) mass is 341 g/mol. The first kappa shape index (κ1) is 18.0. The number of hydrogen-bond donors (Lipinski definition) is 1. The molecule has 134 valence electrons. The Hall–Kier alpha value is -2.32. The van der Waals surface area contributed by atoms with Gasteiger partial charge in [-0.3, -0.25) is 0 Å². The number of amides is 1. The summed E-state index contributed by atoms with van der Waals surface area (Å²) < 4.78 is 20.7. The van der Waals surface area contributed by atoms with Crippen LogP contribution in [0.4, 0.5) is 4.79 Å². The summed E-state index contributed by atoms with van der Waals surface area (Å²) in [6.45, 7) is 7.45. The highest BCUT2D eigenvalue weighted by molar-refractivity contribution is 5.94. The molecule has 2 heterocycles. The minimum absolute atomic E-state index is 0.134. The Morgan fingerprint density at radius 2 is 1.96 bits per heavy atom. The standard InChI is InChI=1S/C15H23N3O6/c1-8(16-14(20)24-15(2,3)4)11-17-9(6-22-11)12-18-10(7-23-12)13(19)21-5/h8-10H,6-7H2,1-5H3,(H,16,20)/t8-,9-,10-/m0/s1. The molecule has 24 heavy (non-hydrogen) atoms. The van der Waals surface area contributed by atoms with Gasteiger partial charge in [0.15, 0.2) is 12.1 Å². The Morgan fingerprint density at radius 1 is 1.25 bits per heavy atom. The van der Waals surface area contributed by atoms with E-state index >= 15 is 0 Å². The molecular formula is C15H23N3O6. The third-order valence-electron chi connectivity index (χ3n) is 3.21. The second kappa shape index (κ2) is 7.06. The van der Waals surface area contributed by atoms with E-state index in [9.17, 15) is 9.59 Å². The molecule has 0 spiro atoms. The Balaban J connectivity index is 1.93. The second-order valence-corrected chi connectivity index (χ2v) is 6.48. The Kier molecular flexibility index (Phi) is 5.30. The molecule has 2 rings (SSSR count). The molecule has 3 atom stereocenters. The summed E-state index contributed by atoms with van der Waals surface area (Å²) in [4.78, 5) is 31.7. The number of nitrogens with one attached hydrogen (secondary N) is 1. The largest absolute Gasteiger partial charge is 0.477 e. The minimum Gasteiger partial charge on any atom is -0.477 e. The number of carbonyl (C=O) groups excluding carboxylic acids is 2. The average Bonchev–Trinajstić information content (AvgIpc) is 3.13. The van der Waals surface area contributed by atoms with Gasteiger partial charge >= 0.3 is 12.1 Å². The van der Waals surface area contributed by atoms with E-state index in [1.807, 2.05) is 0 Å². The topological polar surface area (TPSA) is 108 Å². The van der Waals surface area contributed by atoms with Crippen molar-refractivity contribution in [2.75, 3.05) is 20.3 Å². The Morgan fingerprint density at radius 3 is 2.58 bits per heavy atom. The number of rotatable bonds is 4. The van der Waals surface area contributed by atoms with Crippen LogP contribution >= 0.6 is 0 Å². The molecule has 0 unspecified atom stereocenters. The van der Waals surface area contributed by atoms with Crippen molar-refractivity contribution in [2.24, 2.45) is 9.98 Å². The first-order chi connectivity index (χ1) is 11.2. The van der Waals surface area contributed by atoms with Crippen molar-refractivity contribution in [1.82, 2.24) is 5.32 Å². The van der Waals surface area contributed by atoms with Gasteiger partial charge in [-0.2, -0.15) is 0 Å². The molecular weight excluding hydrogens is 318 g/mol. The predicted octanol–water partition coefficient (Wildman–Crippen LogP) is 0.667. The number of nitrogens with zero attached hydrogens (tertiary/aromatic N) is 2. The van der Waals surface area contributed by atoms with E-state index in [1.54, 1.807) is 27.7 Å². The molecule has 0 bridgehead atoms. The van der Waals surface area contributed by atoms with Gasteiger partial charge in [0.1, 0.15) is 24.9 Å². The van der Waals surface area contributed by atoms with Crippen LogP contribution in [-0.4, -0.2) is 67.9 Å². The molecule has 0 saturated carbocycles. The summed E-state index contributed by atoms with van der Waals surface area (Å²) in [6.07, 6.45) is -0.551. The number of esters is 1. The molecule has 1 amide bonds. The summed E-state index contributed by atoms with van der Waals surface area (Å²) in [7, 11) is 1.30. The van der Waals surface area contributed by atoms with Crippen LogP contribution in [0.2, 0.25) is 0 Å².